The fourth-order valence-electron chi connectivity index (χ4n) is 3.33. The number of carbonyl (C=O) groups excluding carboxylic acids is 1. The van der Waals surface area contributed by atoms with Gasteiger partial charge in [-0.25, -0.2) is 9.37 Å². The number of hydrogen-bond donors (Lipinski definition) is 1. The molecule has 0 atom stereocenters. The highest BCUT2D eigenvalue weighted by atomic mass is 79.9. The molecular weight excluding hydrogens is 574 g/mol. The minimum Gasteiger partial charge on any atom is -0.481 e. The van der Waals surface area contributed by atoms with Gasteiger partial charge in [-0.2, -0.15) is 9.78 Å². The van der Waals surface area contributed by atoms with E-state index in [1.165, 1.54) is 35.2 Å². The van der Waals surface area contributed by atoms with Crippen LogP contribution in [0.1, 0.15) is 18.3 Å². The summed E-state index contributed by atoms with van der Waals surface area (Å²) in [5.41, 5.74) is 1.21. The van der Waals surface area contributed by atoms with Gasteiger partial charge in [0.15, 0.2) is 12.4 Å². The van der Waals surface area contributed by atoms with Crippen molar-refractivity contribution in [3.63, 3.8) is 0 Å². The lowest BCUT2D eigenvalue weighted by molar-refractivity contribution is -0.118. The fourth-order valence-corrected chi connectivity index (χ4v) is 4.30. The van der Waals surface area contributed by atoms with Crippen molar-refractivity contribution in [3.8, 4) is 5.75 Å². The molecular formula is C25H18BrCl2FN4O3. The molecule has 1 N–H and O–H groups in total. The molecule has 0 spiro atoms. The second-order valence-corrected chi connectivity index (χ2v) is 9.29. The van der Waals surface area contributed by atoms with Crippen LogP contribution in [0.3, 0.4) is 0 Å². The Morgan fingerprint density at radius 1 is 1.17 bits per heavy atom. The van der Waals surface area contributed by atoms with Crippen LogP contribution in [0.25, 0.3) is 10.9 Å². The summed E-state index contributed by atoms with van der Waals surface area (Å²) in [6.07, 6.45) is 1.93. The Morgan fingerprint density at radius 3 is 2.53 bits per heavy atom. The van der Waals surface area contributed by atoms with Crippen LogP contribution >= 0.6 is 39.1 Å². The quantitative estimate of drug-likeness (QED) is 0.264. The van der Waals surface area contributed by atoms with Gasteiger partial charge in [0.1, 0.15) is 11.6 Å². The molecule has 36 heavy (non-hydrogen) atoms. The third-order valence-corrected chi connectivity index (χ3v) is 6.06. The zero-order valence-corrected chi connectivity index (χ0v) is 21.9. The summed E-state index contributed by atoms with van der Waals surface area (Å²) in [5, 5.41) is 7.64. The fraction of sp³-hybridized carbons (Fsp3) is 0.120. The summed E-state index contributed by atoms with van der Waals surface area (Å²) in [4.78, 5) is 29.7. The van der Waals surface area contributed by atoms with Gasteiger partial charge in [-0.3, -0.25) is 9.59 Å². The van der Waals surface area contributed by atoms with Crippen molar-refractivity contribution < 1.29 is 13.9 Å². The lowest BCUT2D eigenvalue weighted by Gasteiger charge is -2.11. The number of ether oxygens (including phenoxy) is 1. The Labute approximate surface area is 223 Å². The molecule has 0 saturated heterocycles. The maximum absolute atomic E-state index is 13.0. The van der Waals surface area contributed by atoms with E-state index in [4.69, 9.17) is 27.9 Å². The number of carbonyl (C=O) groups is 1. The number of fused-ring (bicyclic) bond motifs is 1. The number of amides is 1. The van der Waals surface area contributed by atoms with Gasteiger partial charge in [0.05, 0.1) is 27.2 Å². The van der Waals surface area contributed by atoms with Crippen LogP contribution in [0.2, 0.25) is 10.0 Å². The molecule has 1 aromatic heterocycles. The zero-order chi connectivity index (χ0) is 25.8. The van der Waals surface area contributed by atoms with Crippen molar-refractivity contribution >= 4 is 67.8 Å². The monoisotopic (exact) mass is 590 g/mol. The summed E-state index contributed by atoms with van der Waals surface area (Å²) >= 11 is 16.0. The second kappa shape index (κ2) is 11.2. The first-order valence-corrected chi connectivity index (χ1v) is 12.2. The normalized spacial score (nSPS) is 11.2. The summed E-state index contributed by atoms with van der Waals surface area (Å²) in [5.74, 6) is -0.266. The van der Waals surface area contributed by atoms with Gasteiger partial charge in [-0.15, -0.1) is 0 Å². The Morgan fingerprint density at radius 2 is 1.86 bits per heavy atom. The summed E-state index contributed by atoms with van der Waals surface area (Å²) in [7, 11) is 0. The van der Waals surface area contributed by atoms with Crippen LogP contribution in [0.4, 0.5) is 10.1 Å². The highest BCUT2D eigenvalue weighted by molar-refractivity contribution is 9.10. The molecule has 0 aliphatic carbocycles. The molecule has 0 saturated carbocycles. The zero-order valence-electron chi connectivity index (χ0n) is 18.8. The van der Waals surface area contributed by atoms with E-state index in [0.29, 0.717) is 34.4 Å². The third kappa shape index (κ3) is 5.92. The lowest BCUT2D eigenvalue weighted by atomic mass is 10.2. The first-order valence-electron chi connectivity index (χ1n) is 10.7. The third-order valence-electron chi connectivity index (χ3n) is 5.01. The molecule has 3 aromatic carbocycles. The first-order chi connectivity index (χ1) is 17.2. The maximum atomic E-state index is 13.0. The molecule has 0 fully saturated rings. The van der Waals surface area contributed by atoms with Gasteiger partial charge >= 0.3 is 0 Å². The van der Waals surface area contributed by atoms with E-state index in [1.807, 2.05) is 13.0 Å². The molecule has 0 radical (unpaired) electrons. The predicted molar refractivity (Wildman–Crippen MR) is 143 cm³/mol. The molecule has 0 aliphatic heterocycles. The van der Waals surface area contributed by atoms with E-state index in [-0.39, 0.29) is 28.0 Å². The number of benzene rings is 3. The minimum absolute atomic E-state index is 0.119. The number of halogens is 4. The van der Waals surface area contributed by atoms with Gasteiger partial charge in [0.2, 0.25) is 0 Å². The largest absolute Gasteiger partial charge is 0.481 e. The van der Waals surface area contributed by atoms with Crippen molar-refractivity contribution in [1.29, 1.82) is 0 Å². The van der Waals surface area contributed by atoms with Crippen LogP contribution in [-0.4, -0.2) is 28.4 Å². The number of rotatable bonds is 7. The molecule has 184 valence electrons. The summed E-state index contributed by atoms with van der Waals surface area (Å²) in [6.45, 7) is 1.52. The van der Waals surface area contributed by atoms with Crippen molar-refractivity contribution in [1.82, 2.24) is 9.66 Å². The lowest BCUT2D eigenvalue weighted by Crippen LogP contribution is -2.22. The number of nitrogens with zero attached hydrogens (tertiary/aromatic N) is 3. The Hall–Kier alpha value is -3.27. The van der Waals surface area contributed by atoms with Gasteiger partial charge < -0.3 is 10.1 Å². The smallest absolute Gasteiger partial charge is 0.282 e. The van der Waals surface area contributed by atoms with Gasteiger partial charge in [-0.1, -0.05) is 46.1 Å². The predicted octanol–water partition coefficient (Wildman–Crippen LogP) is 6.07. The molecule has 11 heteroatoms. The number of hydrogen-bond acceptors (Lipinski definition) is 5. The Bertz CT molecular complexity index is 1520. The first kappa shape index (κ1) is 25.8. The Balaban J connectivity index is 1.52. The highest BCUT2D eigenvalue weighted by Gasteiger charge is 2.13. The molecule has 4 aromatic rings. The molecule has 1 heterocycles. The van der Waals surface area contributed by atoms with Gasteiger partial charge in [0, 0.05) is 16.6 Å². The van der Waals surface area contributed by atoms with Crippen molar-refractivity contribution in [2.24, 2.45) is 5.10 Å². The van der Waals surface area contributed by atoms with Crippen LogP contribution in [0, 0.1) is 5.82 Å². The maximum Gasteiger partial charge on any atom is 0.282 e. The molecule has 0 bridgehead atoms. The summed E-state index contributed by atoms with van der Waals surface area (Å²) < 4.78 is 20.5. The molecule has 0 aliphatic rings. The topological polar surface area (TPSA) is 85.6 Å². The Kier molecular flexibility index (Phi) is 8.03. The van der Waals surface area contributed by atoms with Crippen molar-refractivity contribution in [3.05, 3.63) is 96.7 Å². The van der Waals surface area contributed by atoms with E-state index >= 15 is 0 Å². The number of nitrogens with one attached hydrogen (secondary N) is 1. The average Bonchev–Trinajstić information content (AvgIpc) is 2.84. The summed E-state index contributed by atoms with van der Waals surface area (Å²) in [6, 6.07) is 13.7. The van der Waals surface area contributed by atoms with Crippen LogP contribution in [-0.2, 0) is 11.2 Å². The minimum atomic E-state index is -0.471. The van der Waals surface area contributed by atoms with Crippen LogP contribution in [0.15, 0.2) is 69.0 Å². The van der Waals surface area contributed by atoms with E-state index in [2.05, 4.69) is 31.3 Å². The molecule has 0 unspecified atom stereocenters. The van der Waals surface area contributed by atoms with Gasteiger partial charge in [0.25, 0.3) is 11.5 Å². The number of aromatic nitrogens is 2. The van der Waals surface area contributed by atoms with E-state index in [0.717, 1.165) is 4.47 Å². The van der Waals surface area contributed by atoms with E-state index in [1.54, 1.807) is 24.3 Å². The molecule has 4 rings (SSSR count). The standard InChI is InChI=1S/C25H18BrCl2FN4O3/c1-2-22-32-21-8-3-15(26)11-18(21)25(35)33(22)30-12-14-9-19(27)24(20(28)10-14)36-13-23(34)31-17-6-4-16(29)5-7-17/h3-12H,2,13H2,1H3,(H,31,34). The van der Waals surface area contributed by atoms with Crippen molar-refractivity contribution in [2.45, 2.75) is 13.3 Å². The molecule has 7 nitrogen and oxygen atoms in total. The SMILES string of the molecule is CCc1nc2ccc(Br)cc2c(=O)n1N=Cc1cc(Cl)c(OCC(=O)Nc2ccc(F)cc2)c(Cl)c1. The van der Waals surface area contributed by atoms with E-state index in [9.17, 15) is 14.0 Å². The average molecular weight is 592 g/mol. The molecule has 1 amide bonds. The number of aryl methyl sites for hydroxylation is 1. The van der Waals surface area contributed by atoms with Crippen LogP contribution in [0.5, 0.6) is 5.75 Å². The van der Waals surface area contributed by atoms with Gasteiger partial charge in [-0.05, 0) is 60.2 Å². The number of anilines is 1. The highest BCUT2D eigenvalue weighted by Crippen LogP contribution is 2.34. The van der Waals surface area contributed by atoms with E-state index < -0.39 is 11.7 Å². The second-order valence-electron chi connectivity index (χ2n) is 7.56. The van der Waals surface area contributed by atoms with Crippen molar-refractivity contribution in [2.75, 3.05) is 11.9 Å². The van der Waals surface area contributed by atoms with Crippen LogP contribution < -0.4 is 15.6 Å².